The van der Waals surface area contributed by atoms with Gasteiger partial charge in [-0.2, -0.15) is 0 Å². The molecule has 190 valence electrons. The van der Waals surface area contributed by atoms with Crippen molar-refractivity contribution in [3.05, 3.63) is 101 Å². The molecule has 0 aliphatic rings. The molecule has 0 fully saturated rings. The van der Waals surface area contributed by atoms with Gasteiger partial charge in [-0.25, -0.2) is 0 Å². The zero-order valence-electron chi connectivity index (χ0n) is 21.2. The summed E-state index contributed by atoms with van der Waals surface area (Å²) in [5, 5.41) is 2.96. The van der Waals surface area contributed by atoms with Crippen molar-refractivity contribution in [2.45, 2.75) is 45.7 Å². The maximum absolute atomic E-state index is 6.46. The van der Waals surface area contributed by atoms with E-state index in [-0.39, 0.29) is 0 Å². The molecule has 0 radical (unpaired) electrons. The molecule has 36 heavy (non-hydrogen) atoms. The first-order valence-corrected chi connectivity index (χ1v) is 18.2. The van der Waals surface area contributed by atoms with Crippen LogP contribution in [-0.2, 0) is 6.16 Å². The predicted molar refractivity (Wildman–Crippen MR) is 163 cm³/mol. The van der Waals surface area contributed by atoms with E-state index in [0.29, 0.717) is 13.2 Å². The van der Waals surface area contributed by atoms with E-state index in [1.807, 2.05) is 0 Å². The average molecular weight is 584 g/mol. The number of thiophene rings is 1. The van der Waals surface area contributed by atoms with Gasteiger partial charge in [0.2, 0.25) is 0 Å². The zero-order chi connectivity index (χ0) is 25.3. The second-order valence-electron chi connectivity index (χ2n) is 9.10. The molecule has 0 unspecified atom stereocenters. The Morgan fingerprint density at radius 2 is 1.11 bits per heavy atom. The number of benzene rings is 3. The van der Waals surface area contributed by atoms with Crippen LogP contribution in [0, 0.1) is 0 Å². The first kappa shape index (κ1) is 26.9. The van der Waals surface area contributed by atoms with Crippen molar-refractivity contribution >= 4 is 48.0 Å². The molecule has 2 nitrogen and oxygen atoms in total. The molecule has 4 aromatic rings. The van der Waals surface area contributed by atoms with Crippen molar-refractivity contribution in [1.82, 2.24) is 0 Å². The van der Waals surface area contributed by atoms with E-state index < -0.39 is 5.31 Å². The zero-order valence-corrected chi connectivity index (χ0v) is 24.5. The summed E-state index contributed by atoms with van der Waals surface area (Å²) in [7, 11) is 0. The van der Waals surface area contributed by atoms with Gasteiger partial charge in [-0.3, -0.25) is 0 Å². The molecule has 0 atom stereocenters. The number of unbranched alkanes of at least 4 members (excludes halogenated alkanes) is 2. The van der Waals surface area contributed by atoms with E-state index in [1.54, 1.807) is 11.3 Å². The number of rotatable bonds is 13. The van der Waals surface area contributed by atoms with E-state index in [9.17, 15) is 0 Å². The molecule has 0 aliphatic heterocycles. The Morgan fingerprint density at radius 1 is 0.667 bits per heavy atom. The van der Waals surface area contributed by atoms with Crippen LogP contribution in [0.4, 0.5) is 0 Å². The van der Waals surface area contributed by atoms with Crippen LogP contribution in [0.15, 0.2) is 96.4 Å². The first-order chi connectivity index (χ1) is 17.6. The normalized spacial score (nSPS) is 12.6. The van der Waals surface area contributed by atoms with Gasteiger partial charge in [0.1, 0.15) is 0 Å². The second-order valence-corrected chi connectivity index (χ2v) is 19.0. The Balaban J connectivity index is 1.92. The summed E-state index contributed by atoms with van der Waals surface area (Å²) in [5.74, 6) is 1.80. The number of halogens is 1. The molecule has 4 rings (SSSR count). The van der Waals surface area contributed by atoms with Gasteiger partial charge in [-0.05, 0) is 0 Å². The van der Waals surface area contributed by atoms with Crippen molar-refractivity contribution < 1.29 is 9.47 Å². The fourth-order valence-corrected chi connectivity index (χ4v) is 14.2. The molecule has 0 saturated carbocycles. The standard InChI is InChI=1S/C31H36BrO2PS/c1-3-5-22-33-29-25-36-30(31(29)34-23-6-4-2)24-35(32,26-16-10-7-11-17-26,27-18-12-8-13-19-27)28-20-14-9-15-21-28/h7-21,25H,3-6,22-24H2,1-2H3. The minimum atomic E-state index is -3.10. The topological polar surface area (TPSA) is 18.5 Å². The van der Waals surface area contributed by atoms with Crippen LogP contribution < -0.4 is 25.4 Å². The summed E-state index contributed by atoms with van der Waals surface area (Å²) in [4.78, 5) is 1.23. The van der Waals surface area contributed by atoms with Crippen LogP contribution in [0.1, 0.15) is 44.4 Å². The van der Waals surface area contributed by atoms with E-state index in [4.69, 9.17) is 9.47 Å². The Labute approximate surface area is 228 Å². The van der Waals surface area contributed by atoms with Crippen molar-refractivity contribution in [1.29, 1.82) is 0 Å². The van der Waals surface area contributed by atoms with E-state index >= 15 is 0 Å². The molecular weight excluding hydrogens is 547 g/mol. The molecule has 0 aliphatic carbocycles. The summed E-state index contributed by atoms with van der Waals surface area (Å²) in [6, 6.07) is 32.8. The Morgan fingerprint density at radius 3 is 1.56 bits per heavy atom. The van der Waals surface area contributed by atoms with Crippen LogP contribution in [-0.4, -0.2) is 13.2 Å². The van der Waals surface area contributed by atoms with Crippen LogP contribution in [0.5, 0.6) is 11.5 Å². The maximum atomic E-state index is 6.46. The first-order valence-electron chi connectivity index (χ1n) is 12.9. The molecule has 3 aromatic carbocycles. The molecule has 0 amide bonds. The molecule has 0 N–H and O–H groups in total. The number of ether oxygens (including phenoxy) is 2. The molecule has 0 bridgehead atoms. The number of hydrogen-bond donors (Lipinski definition) is 0. The van der Waals surface area contributed by atoms with Gasteiger partial charge in [0.15, 0.2) is 0 Å². The van der Waals surface area contributed by atoms with Gasteiger partial charge < -0.3 is 0 Å². The quantitative estimate of drug-likeness (QED) is 0.116. The van der Waals surface area contributed by atoms with Crippen molar-refractivity contribution in [2.24, 2.45) is 0 Å². The molecular formula is C31H36BrO2PS. The average Bonchev–Trinajstić information content (AvgIpc) is 3.31. The summed E-state index contributed by atoms with van der Waals surface area (Å²) < 4.78 is 12.7. The Bertz CT molecular complexity index is 1110. The fraction of sp³-hybridized carbons (Fsp3) is 0.290. The van der Waals surface area contributed by atoms with Crippen molar-refractivity contribution in [2.75, 3.05) is 13.2 Å². The van der Waals surface area contributed by atoms with Crippen molar-refractivity contribution in [3.63, 3.8) is 0 Å². The molecule has 0 saturated heterocycles. The van der Waals surface area contributed by atoms with E-state index in [2.05, 4.69) is 126 Å². The van der Waals surface area contributed by atoms with Crippen LogP contribution >= 0.6 is 32.1 Å². The Kier molecular flexibility index (Phi) is 9.28. The van der Waals surface area contributed by atoms with Gasteiger partial charge in [0.25, 0.3) is 0 Å². The van der Waals surface area contributed by atoms with Gasteiger partial charge >= 0.3 is 229 Å². The molecule has 1 heterocycles. The monoisotopic (exact) mass is 582 g/mol. The van der Waals surface area contributed by atoms with Crippen LogP contribution in [0.25, 0.3) is 0 Å². The SMILES string of the molecule is CCCCOc1csc(CP(Br)(c2ccccc2)(c2ccccc2)c2ccccc2)c1OCCCC. The summed E-state index contributed by atoms with van der Waals surface area (Å²) in [6.45, 7) is 5.80. The van der Waals surface area contributed by atoms with Gasteiger partial charge in [0, 0.05) is 0 Å². The van der Waals surface area contributed by atoms with Gasteiger partial charge in [-0.1, -0.05) is 0 Å². The summed E-state index contributed by atoms with van der Waals surface area (Å²) in [5.41, 5.74) is 0. The summed E-state index contributed by atoms with van der Waals surface area (Å²) >= 11 is 6.34. The fourth-order valence-electron chi connectivity index (χ4n) is 4.58. The van der Waals surface area contributed by atoms with Crippen molar-refractivity contribution in [3.8, 4) is 11.5 Å². The third-order valence-corrected chi connectivity index (χ3v) is 17.2. The second kappa shape index (κ2) is 12.4. The van der Waals surface area contributed by atoms with Gasteiger partial charge in [-0.15, -0.1) is 0 Å². The third-order valence-electron chi connectivity index (χ3n) is 6.61. The summed E-state index contributed by atoms with van der Waals surface area (Å²) in [6.07, 6.45) is 5.08. The Hall–Kier alpha value is -2.13. The van der Waals surface area contributed by atoms with E-state index in [1.165, 1.54) is 20.8 Å². The molecule has 0 spiro atoms. The van der Waals surface area contributed by atoms with Gasteiger partial charge in [0.05, 0.1) is 0 Å². The minimum absolute atomic E-state index is 0.699. The third kappa shape index (κ3) is 5.42. The molecule has 1 aromatic heterocycles. The molecule has 5 heteroatoms. The van der Waals surface area contributed by atoms with E-state index in [0.717, 1.165) is 43.3 Å². The van der Waals surface area contributed by atoms with Crippen LogP contribution in [0.2, 0.25) is 0 Å². The number of hydrogen-bond acceptors (Lipinski definition) is 3. The predicted octanol–water partition coefficient (Wildman–Crippen LogP) is 8.45. The van der Waals surface area contributed by atoms with Crippen LogP contribution in [0.3, 0.4) is 0 Å².